The van der Waals surface area contributed by atoms with Crippen LogP contribution in [0, 0.1) is 0 Å². The molecule has 0 unspecified atom stereocenters. The zero-order valence-electron chi connectivity index (χ0n) is 16.1. The van der Waals surface area contributed by atoms with E-state index in [-0.39, 0.29) is 5.91 Å². The maximum absolute atomic E-state index is 12.3. The largest absolute Gasteiger partial charge is 0.497 e. The summed E-state index contributed by atoms with van der Waals surface area (Å²) in [6.45, 7) is 4.91. The van der Waals surface area contributed by atoms with Crippen molar-refractivity contribution in [3.05, 3.63) is 48.0 Å². The van der Waals surface area contributed by atoms with E-state index in [1.165, 1.54) is 6.08 Å². The van der Waals surface area contributed by atoms with Gasteiger partial charge in [-0.3, -0.25) is 4.79 Å². The van der Waals surface area contributed by atoms with Gasteiger partial charge in [0.05, 0.1) is 33.1 Å². The minimum absolute atomic E-state index is 0.284. The Kier molecular flexibility index (Phi) is 7.55. The molecule has 6 heteroatoms. The SMILES string of the molecule is CCOc1ccc(C=CC(=O)Nc2cc(OC)ccc2OC)cc1OCC. The van der Waals surface area contributed by atoms with Crippen LogP contribution in [0.25, 0.3) is 6.08 Å². The van der Waals surface area contributed by atoms with Crippen molar-refractivity contribution < 1.29 is 23.7 Å². The van der Waals surface area contributed by atoms with Crippen LogP contribution in [-0.2, 0) is 4.79 Å². The summed E-state index contributed by atoms with van der Waals surface area (Å²) >= 11 is 0. The Morgan fingerprint density at radius 1 is 0.926 bits per heavy atom. The summed E-state index contributed by atoms with van der Waals surface area (Å²) in [5.41, 5.74) is 1.36. The van der Waals surface area contributed by atoms with Gasteiger partial charge in [-0.25, -0.2) is 0 Å². The Hall–Kier alpha value is -3.15. The molecule has 2 rings (SSSR count). The molecule has 0 aliphatic carbocycles. The zero-order valence-corrected chi connectivity index (χ0v) is 16.1. The quantitative estimate of drug-likeness (QED) is 0.671. The first-order valence-electron chi connectivity index (χ1n) is 8.72. The molecular formula is C21H25NO5. The van der Waals surface area contributed by atoms with Gasteiger partial charge in [0.2, 0.25) is 5.91 Å². The van der Waals surface area contributed by atoms with Crippen LogP contribution in [0.15, 0.2) is 42.5 Å². The van der Waals surface area contributed by atoms with E-state index >= 15 is 0 Å². The van der Waals surface area contributed by atoms with Crippen molar-refractivity contribution in [2.45, 2.75) is 13.8 Å². The second-order valence-corrected chi connectivity index (χ2v) is 5.46. The smallest absolute Gasteiger partial charge is 0.248 e. The molecule has 2 aromatic carbocycles. The van der Waals surface area contributed by atoms with Gasteiger partial charge in [0.1, 0.15) is 11.5 Å². The number of hydrogen-bond acceptors (Lipinski definition) is 5. The van der Waals surface area contributed by atoms with Crippen LogP contribution in [0.2, 0.25) is 0 Å². The molecule has 0 radical (unpaired) electrons. The normalized spacial score (nSPS) is 10.5. The maximum atomic E-state index is 12.3. The summed E-state index contributed by atoms with van der Waals surface area (Å²) in [5, 5.41) is 2.79. The van der Waals surface area contributed by atoms with Crippen molar-refractivity contribution in [3.8, 4) is 23.0 Å². The molecule has 0 saturated carbocycles. The lowest BCUT2D eigenvalue weighted by atomic mass is 10.2. The van der Waals surface area contributed by atoms with Gasteiger partial charge < -0.3 is 24.3 Å². The van der Waals surface area contributed by atoms with Gasteiger partial charge in [-0.1, -0.05) is 6.07 Å². The summed E-state index contributed by atoms with van der Waals surface area (Å²) in [5.74, 6) is 2.23. The number of rotatable bonds is 9. The Balaban J connectivity index is 2.13. The molecule has 6 nitrogen and oxygen atoms in total. The van der Waals surface area contributed by atoms with Crippen molar-refractivity contribution in [1.29, 1.82) is 0 Å². The lowest BCUT2D eigenvalue weighted by molar-refractivity contribution is -0.111. The van der Waals surface area contributed by atoms with E-state index < -0.39 is 0 Å². The Bertz CT molecular complexity index is 801. The van der Waals surface area contributed by atoms with E-state index in [1.54, 1.807) is 38.5 Å². The number of amides is 1. The number of hydrogen-bond donors (Lipinski definition) is 1. The highest BCUT2D eigenvalue weighted by Crippen LogP contribution is 2.30. The summed E-state index contributed by atoms with van der Waals surface area (Å²) in [4.78, 5) is 12.3. The van der Waals surface area contributed by atoms with Gasteiger partial charge in [-0.05, 0) is 49.8 Å². The van der Waals surface area contributed by atoms with Crippen molar-refractivity contribution >= 4 is 17.7 Å². The molecule has 0 heterocycles. The number of ether oxygens (including phenoxy) is 4. The number of carbonyl (C=O) groups is 1. The van der Waals surface area contributed by atoms with E-state index in [2.05, 4.69) is 5.32 Å². The Morgan fingerprint density at radius 3 is 2.30 bits per heavy atom. The molecule has 0 aromatic heterocycles. The molecule has 0 fully saturated rings. The highest BCUT2D eigenvalue weighted by atomic mass is 16.5. The van der Waals surface area contributed by atoms with Crippen LogP contribution in [-0.4, -0.2) is 33.3 Å². The second-order valence-electron chi connectivity index (χ2n) is 5.46. The van der Waals surface area contributed by atoms with Crippen LogP contribution in [0.1, 0.15) is 19.4 Å². The number of anilines is 1. The van der Waals surface area contributed by atoms with Crippen LogP contribution >= 0.6 is 0 Å². The minimum atomic E-state index is -0.284. The third-order valence-electron chi connectivity index (χ3n) is 3.66. The number of carbonyl (C=O) groups excluding carboxylic acids is 1. The maximum Gasteiger partial charge on any atom is 0.248 e. The molecule has 2 aromatic rings. The van der Waals surface area contributed by atoms with Crippen molar-refractivity contribution in [2.75, 3.05) is 32.8 Å². The van der Waals surface area contributed by atoms with E-state index in [9.17, 15) is 4.79 Å². The predicted octanol–water partition coefficient (Wildman–Crippen LogP) is 4.15. The zero-order chi connectivity index (χ0) is 19.6. The van der Waals surface area contributed by atoms with E-state index in [1.807, 2.05) is 32.0 Å². The van der Waals surface area contributed by atoms with Crippen LogP contribution in [0.3, 0.4) is 0 Å². The first-order valence-corrected chi connectivity index (χ1v) is 8.72. The van der Waals surface area contributed by atoms with Crippen LogP contribution in [0.4, 0.5) is 5.69 Å². The van der Waals surface area contributed by atoms with Gasteiger partial charge in [-0.2, -0.15) is 0 Å². The third kappa shape index (κ3) is 5.67. The standard InChI is InChI=1S/C21H25NO5/c1-5-26-19-10-7-15(13-20(19)27-6-2)8-12-21(23)22-17-14-16(24-3)9-11-18(17)25-4/h7-14H,5-6H2,1-4H3,(H,22,23). The minimum Gasteiger partial charge on any atom is -0.497 e. The average molecular weight is 371 g/mol. The molecule has 0 atom stereocenters. The topological polar surface area (TPSA) is 66.0 Å². The van der Waals surface area contributed by atoms with E-state index in [0.717, 1.165) is 5.56 Å². The average Bonchev–Trinajstić information content (AvgIpc) is 2.68. The molecule has 1 N–H and O–H groups in total. The molecular weight excluding hydrogens is 346 g/mol. The molecule has 0 spiro atoms. The molecule has 144 valence electrons. The fourth-order valence-electron chi connectivity index (χ4n) is 2.43. The van der Waals surface area contributed by atoms with Crippen LogP contribution in [0.5, 0.6) is 23.0 Å². The summed E-state index contributed by atoms with van der Waals surface area (Å²) in [6, 6.07) is 10.7. The fourth-order valence-corrected chi connectivity index (χ4v) is 2.43. The summed E-state index contributed by atoms with van der Waals surface area (Å²) in [7, 11) is 3.11. The van der Waals surface area contributed by atoms with Gasteiger partial charge in [0.25, 0.3) is 0 Å². The van der Waals surface area contributed by atoms with Crippen molar-refractivity contribution in [2.24, 2.45) is 0 Å². The number of nitrogens with one attached hydrogen (secondary N) is 1. The fraction of sp³-hybridized carbons (Fsp3) is 0.286. The van der Waals surface area contributed by atoms with Crippen molar-refractivity contribution in [1.82, 2.24) is 0 Å². The molecule has 0 bridgehead atoms. The Morgan fingerprint density at radius 2 is 1.63 bits per heavy atom. The molecule has 1 amide bonds. The highest BCUT2D eigenvalue weighted by molar-refractivity contribution is 6.02. The first kappa shape index (κ1) is 20.2. The van der Waals surface area contributed by atoms with Gasteiger partial charge in [0.15, 0.2) is 11.5 Å². The summed E-state index contributed by atoms with van der Waals surface area (Å²) < 4.78 is 21.6. The van der Waals surface area contributed by atoms with Gasteiger partial charge >= 0.3 is 0 Å². The Labute approximate surface area is 159 Å². The lowest BCUT2D eigenvalue weighted by Crippen LogP contribution is -2.09. The second kappa shape index (κ2) is 10.1. The molecule has 27 heavy (non-hydrogen) atoms. The third-order valence-corrected chi connectivity index (χ3v) is 3.66. The molecule has 0 aliphatic heterocycles. The van der Waals surface area contributed by atoms with Gasteiger partial charge in [0, 0.05) is 12.1 Å². The number of benzene rings is 2. The lowest BCUT2D eigenvalue weighted by Gasteiger charge is -2.11. The van der Waals surface area contributed by atoms with Crippen LogP contribution < -0.4 is 24.3 Å². The first-order chi connectivity index (χ1) is 13.1. The predicted molar refractivity (Wildman–Crippen MR) is 106 cm³/mol. The van der Waals surface area contributed by atoms with Gasteiger partial charge in [-0.15, -0.1) is 0 Å². The van der Waals surface area contributed by atoms with Crippen molar-refractivity contribution in [3.63, 3.8) is 0 Å². The molecule has 0 saturated heterocycles. The monoisotopic (exact) mass is 371 g/mol. The highest BCUT2D eigenvalue weighted by Gasteiger charge is 2.08. The van der Waals surface area contributed by atoms with E-state index in [0.29, 0.717) is 41.9 Å². The van der Waals surface area contributed by atoms with E-state index in [4.69, 9.17) is 18.9 Å². The number of methoxy groups -OCH3 is 2. The molecule has 0 aliphatic rings. The summed E-state index contributed by atoms with van der Waals surface area (Å²) in [6.07, 6.45) is 3.16.